The Labute approximate surface area is 143 Å². The molecule has 0 aliphatic heterocycles. The van der Waals surface area contributed by atoms with Gasteiger partial charge in [0.1, 0.15) is 25.4 Å². The first kappa shape index (κ1) is 21.2. The van der Waals surface area contributed by atoms with Gasteiger partial charge in [-0.15, -0.1) is 0 Å². The van der Waals surface area contributed by atoms with E-state index in [1.165, 1.54) is 6.92 Å². The molecule has 140 valence electrons. The molecule has 0 bridgehead atoms. The molecule has 3 atom stereocenters. The lowest BCUT2D eigenvalue weighted by Gasteiger charge is -2.23. The summed E-state index contributed by atoms with van der Waals surface area (Å²) in [7, 11) is -4.88. The van der Waals surface area contributed by atoms with Crippen LogP contribution in [-0.2, 0) is 25.2 Å². The number of Topliss-reactive ketones (excluding diaryl/α,β-unsaturated/α-hetero) is 1. The topological polar surface area (TPSA) is 163 Å². The van der Waals surface area contributed by atoms with Crippen molar-refractivity contribution in [3.63, 3.8) is 0 Å². The molecule has 0 spiro atoms. The summed E-state index contributed by atoms with van der Waals surface area (Å²) in [6.45, 7) is 0.218. The normalized spacial score (nSPS) is 15.1. The molecule has 0 aliphatic carbocycles. The minimum atomic E-state index is -4.88. The molecule has 1 aromatic rings. The molecule has 25 heavy (non-hydrogen) atoms. The molecule has 10 nitrogen and oxygen atoms in total. The number of nitrogens with one attached hydrogen (secondary N) is 1. The number of alkyl carbamates (subject to hydrolysis) is 1. The largest absolute Gasteiger partial charge is 0.470 e. The molecule has 5 N–H and O–H groups in total. The third-order valence-corrected chi connectivity index (χ3v) is 3.56. The molecule has 1 rings (SSSR count). The average Bonchev–Trinajstić information content (AvgIpc) is 2.56. The molecular formula is C14H20NO9P. The van der Waals surface area contributed by atoms with E-state index in [1.54, 1.807) is 30.3 Å². The van der Waals surface area contributed by atoms with Gasteiger partial charge in [-0.25, -0.2) is 9.36 Å². The van der Waals surface area contributed by atoms with Crippen molar-refractivity contribution in [2.24, 2.45) is 0 Å². The van der Waals surface area contributed by atoms with E-state index in [0.717, 1.165) is 5.56 Å². The Bertz CT molecular complexity index is 618. The lowest BCUT2D eigenvalue weighted by molar-refractivity contribution is -0.136. The molecule has 0 saturated carbocycles. The van der Waals surface area contributed by atoms with E-state index in [1.807, 2.05) is 0 Å². The zero-order valence-corrected chi connectivity index (χ0v) is 14.2. The van der Waals surface area contributed by atoms with Gasteiger partial charge in [0, 0.05) is 0 Å². The van der Waals surface area contributed by atoms with Crippen molar-refractivity contribution in [2.75, 3.05) is 6.61 Å². The number of carbonyl (C=O) groups excluding carboxylic acids is 2. The highest BCUT2D eigenvalue weighted by atomic mass is 31.2. The van der Waals surface area contributed by atoms with Crippen LogP contribution in [0.1, 0.15) is 12.5 Å². The van der Waals surface area contributed by atoms with Crippen LogP contribution in [0.15, 0.2) is 30.3 Å². The molecule has 2 unspecified atom stereocenters. The molecule has 0 fully saturated rings. The first-order valence-electron chi connectivity index (χ1n) is 7.16. The molecule has 0 aromatic heterocycles. The van der Waals surface area contributed by atoms with Gasteiger partial charge in [-0.05, 0) is 12.5 Å². The van der Waals surface area contributed by atoms with Crippen molar-refractivity contribution in [3.05, 3.63) is 35.9 Å². The van der Waals surface area contributed by atoms with Crippen molar-refractivity contribution in [1.29, 1.82) is 0 Å². The zero-order valence-electron chi connectivity index (χ0n) is 13.3. The molecule has 0 saturated heterocycles. The fraction of sp³-hybridized carbons (Fsp3) is 0.429. The Hall–Kier alpha value is -1.81. The predicted molar refractivity (Wildman–Crippen MR) is 84.2 cm³/mol. The Balaban J connectivity index is 2.43. The second-order valence-electron chi connectivity index (χ2n) is 5.16. The molecule has 0 aliphatic rings. The lowest BCUT2D eigenvalue weighted by atomic mass is 10.0. The average molecular weight is 377 g/mol. The Kier molecular flexibility index (Phi) is 8.17. The number of phosphoric acid groups is 1. The number of ether oxygens (including phenoxy) is 1. The highest BCUT2D eigenvalue weighted by Gasteiger charge is 2.31. The van der Waals surface area contributed by atoms with Crippen LogP contribution in [0.2, 0.25) is 0 Å². The van der Waals surface area contributed by atoms with E-state index in [9.17, 15) is 24.4 Å². The molecule has 11 heteroatoms. The fourth-order valence-electron chi connectivity index (χ4n) is 1.73. The molecule has 0 radical (unpaired) electrons. The Morgan fingerprint density at radius 2 is 1.80 bits per heavy atom. The smallest absolute Gasteiger partial charge is 0.445 e. The summed E-state index contributed by atoms with van der Waals surface area (Å²) in [6, 6.07) is 7.76. The van der Waals surface area contributed by atoms with E-state index >= 15 is 0 Å². The van der Waals surface area contributed by atoms with Gasteiger partial charge >= 0.3 is 13.9 Å². The van der Waals surface area contributed by atoms with Crippen molar-refractivity contribution >= 4 is 19.7 Å². The predicted octanol–water partition coefficient (Wildman–Crippen LogP) is -0.298. The van der Waals surface area contributed by atoms with Crippen molar-refractivity contribution in [1.82, 2.24) is 5.32 Å². The fourth-order valence-corrected chi connectivity index (χ4v) is 2.03. The van der Waals surface area contributed by atoms with Gasteiger partial charge in [0.05, 0.1) is 6.04 Å². The van der Waals surface area contributed by atoms with Gasteiger partial charge in [0.25, 0.3) is 0 Å². The summed E-state index contributed by atoms with van der Waals surface area (Å²) in [6.07, 6.45) is -4.60. The van der Waals surface area contributed by atoms with Crippen LogP contribution < -0.4 is 5.32 Å². The van der Waals surface area contributed by atoms with E-state index in [4.69, 9.17) is 14.5 Å². The second-order valence-corrected chi connectivity index (χ2v) is 6.40. The van der Waals surface area contributed by atoms with E-state index in [0.29, 0.717) is 0 Å². The first-order valence-corrected chi connectivity index (χ1v) is 8.69. The molecule has 0 heterocycles. The van der Waals surface area contributed by atoms with Crippen LogP contribution in [0, 0.1) is 0 Å². The monoisotopic (exact) mass is 377 g/mol. The Morgan fingerprint density at radius 1 is 1.20 bits per heavy atom. The standard InChI is InChI=1S/C14H20NO9P/c1-9(12(17)13(18)11(16)8-24-25(20,21)22)15-14(19)23-7-10-5-3-2-4-6-10/h2-6,9,12-13,17-18H,7-8H2,1H3,(H,15,19)(H2,20,21,22)/t9?,12?,13-/m1/s1. The van der Waals surface area contributed by atoms with Crippen molar-refractivity contribution in [3.8, 4) is 0 Å². The maximum atomic E-state index is 11.6. The Morgan fingerprint density at radius 3 is 2.36 bits per heavy atom. The highest BCUT2D eigenvalue weighted by Crippen LogP contribution is 2.35. The van der Waals surface area contributed by atoms with Crippen LogP contribution in [0.25, 0.3) is 0 Å². The van der Waals surface area contributed by atoms with Gasteiger partial charge < -0.3 is 30.1 Å². The van der Waals surface area contributed by atoms with Gasteiger partial charge in [0.15, 0.2) is 5.78 Å². The number of amides is 1. The molecule has 1 aromatic carbocycles. The van der Waals surface area contributed by atoms with Gasteiger partial charge in [-0.3, -0.25) is 9.32 Å². The maximum Gasteiger partial charge on any atom is 0.470 e. The number of hydrogen-bond donors (Lipinski definition) is 5. The van der Waals surface area contributed by atoms with E-state index < -0.39 is 44.6 Å². The first-order chi connectivity index (χ1) is 11.6. The van der Waals surface area contributed by atoms with Crippen LogP contribution >= 0.6 is 7.82 Å². The van der Waals surface area contributed by atoms with E-state index in [2.05, 4.69) is 9.84 Å². The van der Waals surface area contributed by atoms with Crippen LogP contribution in [0.4, 0.5) is 4.79 Å². The minimum Gasteiger partial charge on any atom is -0.445 e. The number of aliphatic hydroxyl groups excluding tert-OH is 2. The third-order valence-electron chi connectivity index (χ3n) is 3.10. The SMILES string of the molecule is CC(NC(=O)OCc1ccccc1)C(O)[C@H](O)C(=O)COP(=O)(O)O. The zero-order chi connectivity index (χ0) is 19.0. The van der Waals surface area contributed by atoms with Crippen molar-refractivity contribution in [2.45, 2.75) is 31.8 Å². The quantitative estimate of drug-likeness (QED) is 0.364. The minimum absolute atomic E-state index is 0.00685. The van der Waals surface area contributed by atoms with Crippen LogP contribution in [-0.4, -0.2) is 56.7 Å². The second kappa shape index (κ2) is 9.62. The summed E-state index contributed by atoms with van der Waals surface area (Å²) < 4.78 is 19.4. The van der Waals surface area contributed by atoms with Gasteiger partial charge in [-0.2, -0.15) is 0 Å². The number of rotatable bonds is 9. The summed E-state index contributed by atoms with van der Waals surface area (Å²) >= 11 is 0. The van der Waals surface area contributed by atoms with Crippen molar-refractivity contribution < 1.29 is 43.4 Å². The van der Waals surface area contributed by atoms with E-state index in [-0.39, 0.29) is 6.61 Å². The number of aliphatic hydroxyl groups is 2. The van der Waals surface area contributed by atoms with Gasteiger partial charge in [0.2, 0.25) is 0 Å². The van der Waals surface area contributed by atoms with Crippen LogP contribution in [0.3, 0.4) is 0 Å². The number of benzene rings is 1. The van der Waals surface area contributed by atoms with Gasteiger partial charge in [-0.1, -0.05) is 30.3 Å². The van der Waals surface area contributed by atoms with Crippen LogP contribution in [0.5, 0.6) is 0 Å². The molecular weight excluding hydrogens is 357 g/mol. The summed E-state index contributed by atoms with van der Waals surface area (Å²) in [5.74, 6) is -1.15. The highest BCUT2D eigenvalue weighted by molar-refractivity contribution is 7.46. The summed E-state index contributed by atoms with van der Waals surface area (Å²) in [5.41, 5.74) is 0.746. The molecule has 1 amide bonds. The third kappa shape index (κ3) is 8.21. The number of carbonyl (C=O) groups is 2. The maximum absolute atomic E-state index is 11.6. The number of phosphoric ester groups is 1. The summed E-state index contributed by atoms with van der Waals surface area (Å²) in [5, 5.41) is 21.7. The number of ketones is 1. The summed E-state index contributed by atoms with van der Waals surface area (Å²) in [4.78, 5) is 40.1. The lowest BCUT2D eigenvalue weighted by Crippen LogP contribution is -2.50. The number of hydrogen-bond acceptors (Lipinski definition) is 7.